The summed E-state index contributed by atoms with van der Waals surface area (Å²) in [6, 6.07) is 8.67. The zero-order valence-electron chi connectivity index (χ0n) is 14.2. The van der Waals surface area contributed by atoms with Crippen LogP contribution in [0, 0.1) is 22.9 Å². The summed E-state index contributed by atoms with van der Waals surface area (Å²) < 4.78 is 19.3. The molecule has 0 saturated carbocycles. The Labute approximate surface area is 144 Å². The highest BCUT2D eigenvalue weighted by Crippen LogP contribution is 2.27. The van der Waals surface area contributed by atoms with Crippen molar-refractivity contribution in [2.75, 3.05) is 11.9 Å². The Morgan fingerprint density at radius 1 is 1.28 bits per heavy atom. The highest BCUT2D eigenvalue weighted by molar-refractivity contribution is 5.92. The van der Waals surface area contributed by atoms with E-state index in [2.05, 4.69) is 5.32 Å². The molecule has 0 fully saturated rings. The van der Waals surface area contributed by atoms with Gasteiger partial charge in [0.2, 0.25) is 0 Å². The monoisotopic (exact) mass is 346 g/mol. The molecule has 2 aromatic rings. The van der Waals surface area contributed by atoms with Crippen molar-refractivity contribution in [1.29, 1.82) is 0 Å². The number of hydrogen-bond donors (Lipinski definition) is 1. The third kappa shape index (κ3) is 4.76. The molecule has 0 spiro atoms. The zero-order chi connectivity index (χ0) is 18.6. The van der Waals surface area contributed by atoms with Crippen LogP contribution in [-0.4, -0.2) is 17.4 Å². The summed E-state index contributed by atoms with van der Waals surface area (Å²) in [7, 11) is 0. The fraction of sp³-hybridized carbons (Fsp3) is 0.278. The van der Waals surface area contributed by atoms with Crippen LogP contribution >= 0.6 is 0 Å². The van der Waals surface area contributed by atoms with Gasteiger partial charge in [-0.15, -0.1) is 0 Å². The first-order chi connectivity index (χ1) is 11.8. The number of nitrogens with zero attached hydrogens (tertiary/aromatic N) is 1. The van der Waals surface area contributed by atoms with Gasteiger partial charge in [0.15, 0.2) is 6.61 Å². The molecule has 0 atom stereocenters. The van der Waals surface area contributed by atoms with E-state index in [1.165, 1.54) is 0 Å². The molecule has 2 aromatic carbocycles. The molecule has 7 heteroatoms. The van der Waals surface area contributed by atoms with E-state index < -0.39 is 16.6 Å². The van der Waals surface area contributed by atoms with E-state index >= 15 is 0 Å². The summed E-state index contributed by atoms with van der Waals surface area (Å²) >= 11 is 0. The van der Waals surface area contributed by atoms with Gasteiger partial charge in [0.1, 0.15) is 11.6 Å². The predicted octanol–water partition coefficient (Wildman–Crippen LogP) is 4.18. The molecule has 25 heavy (non-hydrogen) atoms. The number of anilines is 1. The molecule has 6 nitrogen and oxygen atoms in total. The second kappa shape index (κ2) is 7.74. The maximum Gasteiger partial charge on any atom is 0.271 e. The normalized spacial score (nSPS) is 10.6. The number of aryl methyl sites for hydroxylation is 1. The summed E-state index contributed by atoms with van der Waals surface area (Å²) in [5.41, 5.74) is 1.39. The smallest absolute Gasteiger partial charge is 0.271 e. The third-order valence-electron chi connectivity index (χ3n) is 3.58. The van der Waals surface area contributed by atoms with Crippen LogP contribution in [0.1, 0.15) is 30.9 Å². The molecule has 0 aliphatic rings. The second-order valence-electron chi connectivity index (χ2n) is 5.95. The number of amides is 1. The second-order valence-corrected chi connectivity index (χ2v) is 5.95. The average Bonchev–Trinajstić information content (AvgIpc) is 2.54. The molecule has 0 aliphatic heterocycles. The topological polar surface area (TPSA) is 81.5 Å². The van der Waals surface area contributed by atoms with E-state index in [4.69, 9.17) is 4.74 Å². The van der Waals surface area contributed by atoms with Crippen LogP contribution in [-0.2, 0) is 4.79 Å². The molecule has 0 radical (unpaired) electrons. The molecule has 0 saturated heterocycles. The number of ether oxygens (including phenoxy) is 1. The van der Waals surface area contributed by atoms with E-state index in [1.807, 2.05) is 39.0 Å². The maximum atomic E-state index is 13.7. The van der Waals surface area contributed by atoms with E-state index in [1.54, 1.807) is 0 Å². The van der Waals surface area contributed by atoms with Crippen LogP contribution in [0.3, 0.4) is 0 Å². The standard InChI is InChI=1S/C18H19FN2O4/c1-11(2)14-6-4-12(3)8-17(14)25-10-18(22)20-16-9-13(21(23)24)5-7-15(16)19/h4-9,11H,10H2,1-3H3,(H,20,22). The minimum atomic E-state index is -0.752. The number of carbonyl (C=O) groups is 1. The quantitative estimate of drug-likeness (QED) is 0.628. The van der Waals surface area contributed by atoms with Crippen molar-refractivity contribution in [3.05, 3.63) is 63.5 Å². The van der Waals surface area contributed by atoms with Gasteiger partial charge in [-0.25, -0.2) is 4.39 Å². The van der Waals surface area contributed by atoms with Crippen LogP contribution in [0.4, 0.5) is 15.8 Å². The molecule has 1 amide bonds. The van der Waals surface area contributed by atoms with Gasteiger partial charge in [0, 0.05) is 12.1 Å². The largest absolute Gasteiger partial charge is 0.483 e. The van der Waals surface area contributed by atoms with Gasteiger partial charge in [-0.3, -0.25) is 14.9 Å². The fourth-order valence-electron chi connectivity index (χ4n) is 2.30. The van der Waals surface area contributed by atoms with Crippen molar-refractivity contribution in [2.45, 2.75) is 26.7 Å². The number of benzene rings is 2. The minimum absolute atomic E-state index is 0.216. The Morgan fingerprint density at radius 3 is 2.64 bits per heavy atom. The van der Waals surface area contributed by atoms with Crippen LogP contribution < -0.4 is 10.1 Å². The van der Waals surface area contributed by atoms with Crippen LogP contribution in [0.15, 0.2) is 36.4 Å². The van der Waals surface area contributed by atoms with Crippen molar-refractivity contribution in [2.24, 2.45) is 0 Å². The van der Waals surface area contributed by atoms with E-state index in [-0.39, 0.29) is 23.9 Å². The molecule has 1 N–H and O–H groups in total. The number of rotatable bonds is 6. The van der Waals surface area contributed by atoms with Gasteiger partial charge in [0.05, 0.1) is 10.6 Å². The summed E-state index contributed by atoms with van der Waals surface area (Å²) in [5.74, 6) is -0.550. The van der Waals surface area contributed by atoms with Gasteiger partial charge in [-0.2, -0.15) is 0 Å². The third-order valence-corrected chi connectivity index (χ3v) is 3.58. The molecule has 2 rings (SSSR count). The molecule has 0 heterocycles. The number of nitrogens with one attached hydrogen (secondary N) is 1. The summed E-state index contributed by atoms with van der Waals surface area (Å²) in [4.78, 5) is 22.1. The minimum Gasteiger partial charge on any atom is -0.483 e. The molecule has 132 valence electrons. The van der Waals surface area contributed by atoms with Crippen molar-refractivity contribution < 1.29 is 18.8 Å². The Hall–Kier alpha value is -2.96. The van der Waals surface area contributed by atoms with Gasteiger partial charge >= 0.3 is 0 Å². The highest BCUT2D eigenvalue weighted by Gasteiger charge is 2.14. The van der Waals surface area contributed by atoms with Crippen LogP contribution in [0.5, 0.6) is 5.75 Å². The predicted molar refractivity (Wildman–Crippen MR) is 92.4 cm³/mol. The van der Waals surface area contributed by atoms with Crippen LogP contribution in [0.2, 0.25) is 0 Å². The van der Waals surface area contributed by atoms with Crippen LogP contribution in [0.25, 0.3) is 0 Å². The summed E-state index contributed by atoms with van der Waals surface area (Å²) in [6.45, 7) is 5.60. The maximum absolute atomic E-state index is 13.7. The van der Waals surface area contributed by atoms with E-state index in [9.17, 15) is 19.3 Å². The highest BCUT2D eigenvalue weighted by atomic mass is 19.1. The lowest BCUT2D eigenvalue weighted by atomic mass is 10.0. The molecule has 0 aliphatic carbocycles. The Kier molecular flexibility index (Phi) is 5.69. The fourth-order valence-corrected chi connectivity index (χ4v) is 2.30. The number of halogens is 1. The van der Waals surface area contributed by atoms with Gasteiger partial charge in [-0.05, 0) is 36.1 Å². The Balaban J connectivity index is 2.08. The van der Waals surface area contributed by atoms with Gasteiger partial charge in [0.25, 0.3) is 11.6 Å². The lowest BCUT2D eigenvalue weighted by molar-refractivity contribution is -0.384. The van der Waals surface area contributed by atoms with E-state index in [0.717, 1.165) is 29.3 Å². The average molecular weight is 346 g/mol. The summed E-state index contributed by atoms with van der Waals surface area (Å²) in [5, 5.41) is 13.0. The Morgan fingerprint density at radius 2 is 2.00 bits per heavy atom. The summed E-state index contributed by atoms with van der Waals surface area (Å²) in [6.07, 6.45) is 0. The lowest BCUT2D eigenvalue weighted by Crippen LogP contribution is -2.21. The first-order valence-electron chi connectivity index (χ1n) is 7.75. The molecule has 0 aromatic heterocycles. The number of carbonyl (C=O) groups excluding carboxylic acids is 1. The first kappa shape index (κ1) is 18.4. The number of hydrogen-bond acceptors (Lipinski definition) is 4. The number of nitro benzene ring substituents is 1. The van der Waals surface area contributed by atoms with E-state index in [0.29, 0.717) is 5.75 Å². The molecule has 0 bridgehead atoms. The van der Waals surface area contributed by atoms with Crippen molar-refractivity contribution in [3.8, 4) is 5.75 Å². The molecular formula is C18H19FN2O4. The van der Waals surface area contributed by atoms with Crippen molar-refractivity contribution >= 4 is 17.3 Å². The molecule has 0 unspecified atom stereocenters. The van der Waals surface area contributed by atoms with Gasteiger partial charge in [-0.1, -0.05) is 26.0 Å². The first-order valence-corrected chi connectivity index (χ1v) is 7.75. The van der Waals surface area contributed by atoms with Crippen molar-refractivity contribution in [3.63, 3.8) is 0 Å². The SMILES string of the molecule is Cc1ccc(C(C)C)c(OCC(=O)Nc2cc([N+](=O)[O-])ccc2F)c1. The number of nitro groups is 1. The zero-order valence-corrected chi connectivity index (χ0v) is 14.2. The van der Waals surface area contributed by atoms with Crippen molar-refractivity contribution in [1.82, 2.24) is 0 Å². The Bertz CT molecular complexity index is 806. The lowest BCUT2D eigenvalue weighted by Gasteiger charge is -2.15. The number of non-ortho nitro benzene ring substituents is 1. The van der Waals surface area contributed by atoms with Gasteiger partial charge < -0.3 is 10.1 Å². The molecular weight excluding hydrogens is 327 g/mol.